The number of hydrogen-bond donors (Lipinski definition) is 1. The molecule has 1 rings (SSSR count). The van der Waals surface area contributed by atoms with Gasteiger partial charge in [0.2, 0.25) is 0 Å². The summed E-state index contributed by atoms with van der Waals surface area (Å²) >= 11 is 0. The van der Waals surface area contributed by atoms with Crippen molar-refractivity contribution in [3.8, 4) is 5.75 Å². The van der Waals surface area contributed by atoms with Gasteiger partial charge in [0, 0.05) is 13.7 Å². The van der Waals surface area contributed by atoms with Crippen molar-refractivity contribution in [3.63, 3.8) is 0 Å². The topological polar surface area (TPSA) is 30.5 Å². The van der Waals surface area contributed by atoms with E-state index in [1.807, 2.05) is 13.0 Å². The molecule has 0 heterocycles. The molecular weight excluding hydrogens is 190 g/mol. The molecule has 84 valence electrons. The molecule has 0 aromatic heterocycles. The van der Waals surface area contributed by atoms with E-state index in [1.165, 1.54) is 11.1 Å². The minimum atomic E-state index is 0.576. The lowest BCUT2D eigenvalue weighted by Crippen LogP contribution is -2.15. The Kier molecular flexibility index (Phi) is 5.15. The molecule has 0 atom stereocenters. The van der Waals surface area contributed by atoms with Gasteiger partial charge in [0.15, 0.2) is 0 Å². The van der Waals surface area contributed by atoms with Gasteiger partial charge in [-0.3, -0.25) is 5.32 Å². The summed E-state index contributed by atoms with van der Waals surface area (Å²) in [5.41, 5.74) is 2.42. The highest BCUT2D eigenvalue weighted by molar-refractivity contribution is 5.36. The van der Waals surface area contributed by atoms with Crippen molar-refractivity contribution in [2.75, 3.05) is 20.4 Å². The number of nitrogens with one attached hydrogen (secondary N) is 1. The molecule has 0 saturated heterocycles. The third-order valence-electron chi connectivity index (χ3n) is 2.11. The number of methoxy groups -OCH3 is 1. The molecule has 0 amide bonds. The normalized spacial score (nSPS) is 10.3. The van der Waals surface area contributed by atoms with Crippen molar-refractivity contribution in [3.05, 3.63) is 29.3 Å². The first kappa shape index (κ1) is 12.0. The molecule has 1 aromatic rings. The SMILES string of the molecule is CCOc1ccc(CNCOC)cc1C. The molecule has 0 bridgehead atoms. The van der Waals surface area contributed by atoms with E-state index in [9.17, 15) is 0 Å². The lowest BCUT2D eigenvalue weighted by molar-refractivity contribution is 0.174. The van der Waals surface area contributed by atoms with Crippen molar-refractivity contribution in [1.29, 1.82) is 0 Å². The number of aryl methyl sites for hydroxylation is 1. The summed E-state index contributed by atoms with van der Waals surface area (Å²) in [4.78, 5) is 0. The zero-order valence-corrected chi connectivity index (χ0v) is 9.67. The summed E-state index contributed by atoms with van der Waals surface area (Å²) in [5, 5.41) is 3.17. The summed E-state index contributed by atoms with van der Waals surface area (Å²) in [6, 6.07) is 6.22. The van der Waals surface area contributed by atoms with Gasteiger partial charge in [-0.25, -0.2) is 0 Å². The lowest BCUT2D eigenvalue weighted by atomic mass is 10.1. The van der Waals surface area contributed by atoms with Crippen molar-refractivity contribution in [2.45, 2.75) is 20.4 Å². The highest BCUT2D eigenvalue weighted by Gasteiger charge is 1.99. The summed E-state index contributed by atoms with van der Waals surface area (Å²) in [6.07, 6.45) is 0. The van der Waals surface area contributed by atoms with Crippen LogP contribution in [0.25, 0.3) is 0 Å². The zero-order chi connectivity index (χ0) is 11.1. The van der Waals surface area contributed by atoms with Crippen LogP contribution >= 0.6 is 0 Å². The molecule has 1 aromatic carbocycles. The monoisotopic (exact) mass is 209 g/mol. The van der Waals surface area contributed by atoms with Gasteiger partial charge >= 0.3 is 0 Å². The second kappa shape index (κ2) is 6.43. The van der Waals surface area contributed by atoms with Crippen molar-refractivity contribution >= 4 is 0 Å². The van der Waals surface area contributed by atoms with Gasteiger partial charge in [-0.15, -0.1) is 0 Å². The van der Waals surface area contributed by atoms with Crippen molar-refractivity contribution in [1.82, 2.24) is 5.32 Å². The van der Waals surface area contributed by atoms with Gasteiger partial charge in [-0.2, -0.15) is 0 Å². The lowest BCUT2D eigenvalue weighted by Gasteiger charge is -2.09. The molecule has 0 radical (unpaired) electrons. The second-order valence-electron chi connectivity index (χ2n) is 3.39. The van der Waals surface area contributed by atoms with Crippen LogP contribution in [0.4, 0.5) is 0 Å². The molecule has 15 heavy (non-hydrogen) atoms. The molecule has 3 nitrogen and oxygen atoms in total. The number of ether oxygens (including phenoxy) is 2. The standard InChI is InChI=1S/C12H19NO2/c1-4-15-12-6-5-11(7-10(12)2)8-13-9-14-3/h5-7,13H,4,8-9H2,1-3H3. The summed E-state index contributed by atoms with van der Waals surface area (Å²) < 4.78 is 10.4. The minimum Gasteiger partial charge on any atom is -0.494 e. The Bertz CT molecular complexity index is 300. The van der Waals surface area contributed by atoms with Crippen molar-refractivity contribution < 1.29 is 9.47 Å². The van der Waals surface area contributed by atoms with Crippen LogP contribution < -0.4 is 10.1 Å². The van der Waals surface area contributed by atoms with Gasteiger partial charge in [-0.1, -0.05) is 12.1 Å². The van der Waals surface area contributed by atoms with Gasteiger partial charge in [0.1, 0.15) is 5.75 Å². The van der Waals surface area contributed by atoms with Crippen LogP contribution in [-0.4, -0.2) is 20.4 Å². The Balaban J connectivity index is 2.56. The molecular formula is C12H19NO2. The molecule has 0 aliphatic carbocycles. The predicted octanol–water partition coefficient (Wildman–Crippen LogP) is 2.09. The highest BCUT2D eigenvalue weighted by Crippen LogP contribution is 2.18. The first-order chi connectivity index (χ1) is 7.27. The maximum absolute atomic E-state index is 5.47. The molecule has 0 aliphatic rings. The van der Waals surface area contributed by atoms with E-state index in [4.69, 9.17) is 9.47 Å². The van der Waals surface area contributed by atoms with Crippen LogP contribution in [0, 0.1) is 6.92 Å². The van der Waals surface area contributed by atoms with Crippen LogP contribution in [0.1, 0.15) is 18.1 Å². The summed E-state index contributed by atoms with van der Waals surface area (Å²) in [7, 11) is 1.68. The fourth-order valence-electron chi connectivity index (χ4n) is 1.44. The minimum absolute atomic E-state index is 0.576. The van der Waals surface area contributed by atoms with E-state index in [2.05, 4.69) is 24.4 Å². The van der Waals surface area contributed by atoms with Crippen LogP contribution in [-0.2, 0) is 11.3 Å². The Morgan fingerprint density at radius 2 is 2.13 bits per heavy atom. The number of rotatable bonds is 6. The van der Waals surface area contributed by atoms with Crippen molar-refractivity contribution in [2.24, 2.45) is 0 Å². The Morgan fingerprint density at radius 1 is 1.33 bits per heavy atom. The molecule has 0 saturated carbocycles. The van der Waals surface area contributed by atoms with E-state index in [0.717, 1.165) is 12.3 Å². The quantitative estimate of drug-likeness (QED) is 0.575. The second-order valence-corrected chi connectivity index (χ2v) is 3.39. The smallest absolute Gasteiger partial charge is 0.122 e. The van der Waals surface area contributed by atoms with Gasteiger partial charge < -0.3 is 9.47 Å². The average Bonchev–Trinajstić information content (AvgIpc) is 2.23. The van der Waals surface area contributed by atoms with E-state index in [-0.39, 0.29) is 0 Å². The third-order valence-corrected chi connectivity index (χ3v) is 2.11. The molecule has 1 N–H and O–H groups in total. The molecule has 0 spiro atoms. The maximum Gasteiger partial charge on any atom is 0.122 e. The van der Waals surface area contributed by atoms with Gasteiger partial charge in [0.25, 0.3) is 0 Å². The number of hydrogen-bond acceptors (Lipinski definition) is 3. The van der Waals surface area contributed by atoms with E-state index in [1.54, 1.807) is 7.11 Å². The molecule has 0 fully saturated rings. The Hall–Kier alpha value is -1.06. The highest BCUT2D eigenvalue weighted by atomic mass is 16.5. The first-order valence-electron chi connectivity index (χ1n) is 5.20. The van der Waals surface area contributed by atoms with Gasteiger partial charge in [0.05, 0.1) is 13.3 Å². The van der Waals surface area contributed by atoms with Crippen LogP contribution in [0.15, 0.2) is 18.2 Å². The molecule has 0 unspecified atom stereocenters. The Morgan fingerprint density at radius 3 is 2.73 bits per heavy atom. The molecule has 0 aliphatic heterocycles. The first-order valence-corrected chi connectivity index (χ1v) is 5.20. The predicted molar refractivity (Wildman–Crippen MR) is 61.1 cm³/mol. The van der Waals surface area contributed by atoms with E-state index >= 15 is 0 Å². The number of benzene rings is 1. The summed E-state index contributed by atoms with van der Waals surface area (Å²) in [5.74, 6) is 0.966. The largest absolute Gasteiger partial charge is 0.494 e. The van der Waals surface area contributed by atoms with Crippen LogP contribution in [0.2, 0.25) is 0 Å². The fraction of sp³-hybridized carbons (Fsp3) is 0.500. The molecule has 3 heteroatoms. The third kappa shape index (κ3) is 3.90. The fourth-order valence-corrected chi connectivity index (χ4v) is 1.44. The van der Waals surface area contributed by atoms with Crippen LogP contribution in [0.5, 0.6) is 5.75 Å². The maximum atomic E-state index is 5.47. The summed E-state index contributed by atoms with van der Waals surface area (Å²) in [6.45, 7) is 6.16. The van der Waals surface area contributed by atoms with Gasteiger partial charge in [-0.05, 0) is 31.0 Å². The van der Waals surface area contributed by atoms with E-state index in [0.29, 0.717) is 13.3 Å². The Labute approximate surface area is 91.4 Å². The van der Waals surface area contributed by atoms with Crippen LogP contribution in [0.3, 0.4) is 0 Å². The van der Waals surface area contributed by atoms with E-state index < -0.39 is 0 Å². The average molecular weight is 209 g/mol. The zero-order valence-electron chi connectivity index (χ0n) is 9.67.